The molecule has 2 heterocycles. The number of ether oxygens (including phenoxy) is 2. The number of aromatic nitrogens is 1. The highest BCUT2D eigenvalue weighted by atomic mass is 32.2. The summed E-state index contributed by atoms with van der Waals surface area (Å²) in [5.74, 6) is 0.454. The number of benzene rings is 2. The second-order valence-corrected chi connectivity index (χ2v) is 7.86. The number of nitrogens with zero attached hydrogens (tertiary/aromatic N) is 1. The number of hydrogen-bond acceptors (Lipinski definition) is 6. The summed E-state index contributed by atoms with van der Waals surface area (Å²) in [5, 5.41) is 6.07. The Balaban J connectivity index is 1.30. The Kier molecular flexibility index (Phi) is 6.86. The molecular weight excluding hydrogens is 433 g/mol. The van der Waals surface area contributed by atoms with Gasteiger partial charge in [-0.1, -0.05) is 23.9 Å². The zero-order valence-electron chi connectivity index (χ0n) is 17.0. The largest absolute Gasteiger partial charge is 0.454 e. The number of nitrogens with one attached hydrogen (secondary N) is 2. The fourth-order valence-corrected chi connectivity index (χ4v) is 3.88. The fraction of sp³-hybridized carbons (Fsp3) is 0.174. The van der Waals surface area contributed by atoms with Crippen LogP contribution in [0, 0.1) is 5.82 Å². The average molecular weight is 453 g/mol. The van der Waals surface area contributed by atoms with E-state index in [2.05, 4.69) is 15.6 Å². The molecule has 0 atom stereocenters. The van der Waals surface area contributed by atoms with Crippen molar-refractivity contribution in [1.29, 1.82) is 0 Å². The Morgan fingerprint density at radius 3 is 2.81 bits per heavy atom. The van der Waals surface area contributed by atoms with Crippen LogP contribution in [0.1, 0.15) is 15.9 Å². The van der Waals surface area contributed by atoms with Crippen LogP contribution in [0.3, 0.4) is 0 Å². The zero-order valence-corrected chi connectivity index (χ0v) is 17.8. The van der Waals surface area contributed by atoms with E-state index < -0.39 is 0 Å². The van der Waals surface area contributed by atoms with Gasteiger partial charge in [-0.2, -0.15) is 0 Å². The van der Waals surface area contributed by atoms with Gasteiger partial charge in [0, 0.05) is 24.5 Å². The number of rotatable bonds is 8. The van der Waals surface area contributed by atoms with Crippen LogP contribution < -0.4 is 20.1 Å². The minimum atomic E-state index is -0.307. The monoisotopic (exact) mass is 453 g/mol. The summed E-state index contributed by atoms with van der Waals surface area (Å²) in [6.07, 6.45) is 2.08. The predicted molar refractivity (Wildman–Crippen MR) is 119 cm³/mol. The van der Waals surface area contributed by atoms with Gasteiger partial charge in [0.25, 0.3) is 5.91 Å². The number of carbonyl (C=O) groups is 2. The van der Waals surface area contributed by atoms with Crippen molar-refractivity contribution in [3.8, 4) is 11.5 Å². The molecule has 2 aromatic carbocycles. The molecular formula is C23H20FN3O4S. The van der Waals surface area contributed by atoms with Crippen molar-refractivity contribution < 1.29 is 23.5 Å². The second-order valence-electron chi connectivity index (χ2n) is 6.90. The summed E-state index contributed by atoms with van der Waals surface area (Å²) in [6, 6.07) is 14.7. The Labute approximate surface area is 188 Å². The Hall–Kier alpha value is -3.59. The van der Waals surface area contributed by atoms with E-state index in [9.17, 15) is 14.0 Å². The third-order valence-corrected chi connectivity index (χ3v) is 5.61. The van der Waals surface area contributed by atoms with Crippen molar-refractivity contribution in [3.05, 3.63) is 77.7 Å². The quantitative estimate of drug-likeness (QED) is 0.506. The summed E-state index contributed by atoms with van der Waals surface area (Å²) in [4.78, 5) is 29.2. The van der Waals surface area contributed by atoms with Gasteiger partial charge in [0.15, 0.2) is 11.5 Å². The van der Waals surface area contributed by atoms with Crippen LogP contribution in [-0.2, 0) is 11.2 Å². The SMILES string of the molecule is O=C(CSc1ncccc1C(=O)NCCc1cccc(F)c1)Nc1ccc2c(c1)OCO2. The van der Waals surface area contributed by atoms with E-state index in [4.69, 9.17) is 9.47 Å². The molecule has 2 amide bonds. The molecule has 1 aliphatic rings. The maximum Gasteiger partial charge on any atom is 0.254 e. The van der Waals surface area contributed by atoms with Gasteiger partial charge in [-0.25, -0.2) is 9.37 Å². The molecule has 4 rings (SSSR count). The molecule has 0 saturated carbocycles. The first kappa shape index (κ1) is 21.6. The molecule has 0 radical (unpaired) electrons. The lowest BCUT2D eigenvalue weighted by atomic mass is 10.1. The lowest BCUT2D eigenvalue weighted by Gasteiger charge is -2.10. The van der Waals surface area contributed by atoms with Crippen molar-refractivity contribution in [2.75, 3.05) is 24.4 Å². The van der Waals surface area contributed by atoms with Crippen molar-refractivity contribution in [3.63, 3.8) is 0 Å². The first-order valence-corrected chi connectivity index (χ1v) is 10.9. The molecule has 7 nitrogen and oxygen atoms in total. The van der Waals surface area contributed by atoms with Gasteiger partial charge in [-0.3, -0.25) is 9.59 Å². The lowest BCUT2D eigenvalue weighted by Crippen LogP contribution is -2.26. The highest BCUT2D eigenvalue weighted by Gasteiger charge is 2.16. The van der Waals surface area contributed by atoms with E-state index in [-0.39, 0.29) is 30.2 Å². The number of fused-ring (bicyclic) bond motifs is 1. The van der Waals surface area contributed by atoms with Crippen molar-refractivity contribution >= 4 is 29.3 Å². The van der Waals surface area contributed by atoms with Gasteiger partial charge in [0.1, 0.15) is 10.8 Å². The molecule has 2 N–H and O–H groups in total. The Bertz CT molecular complexity index is 1140. The summed E-state index contributed by atoms with van der Waals surface area (Å²) >= 11 is 1.17. The Morgan fingerprint density at radius 2 is 1.94 bits per heavy atom. The predicted octanol–water partition coefficient (Wildman–Crippen LogP) is 3.65. The molecule has 0 fully saturated rings. The van der Waals surface area contributed by atoms with Crippen LogP contribution in [-0.4, -0.2) is 35.9 Å². The lowest BCUT2D eigenvalue weighted by molar-refractivity contribution is -0.113. The maximum atomic E-state index is 13.3. The summed E-state index contributed by atoms with van der Waals surface area (Å²) < 4.78 is 23.8. The van der Waals surface area contributed by atoms with Crippen LogP contribution in [0.4, 0.5) is 10.1 Å². The molecule has 1 aliphatic heterocycles. The highest BCUT2D eigenvalue weighted by molar-refractivity contribution is 8.00. The number of amides is 2. The van der Waals surface area contributed by atoms with Crippen LogP contribution in [0.25, 0.3) is 0 Å². The molecule has 0 bridgehead atoms. The minimum Gasteiger partial charge on any atom is -0.454 e. The van der Waals surface area contributed by atoms with Gasteiger partial charge in [0.05, 0.1) is 11.3 Å². The number of thioether (sulfide) groups is 1. The topological polar surface area (TPSA) is 89.6 Å². The maximum absolute atomic E-state index is 13.3. The van der Waals surface area contributed by atoms with Gasteiger partial charge in [-0.15, -0.1) is 0 Å². The summed E-state index contributed by atoms with van der Waals surface area (Å²) in [6.45, 7) is 0.515. The standard InChI is InChI=1S/C23H20FN3O4S/c24-16-4-1-3-15(11-16)8-10-25-22(29)18-5-2-9-26-23(18)32-13-21(28)27-17-6-7-19-20(12-17)31-14-30-19/h1-7,9,11-12H,8,10,13-14H2,(H,25,29)(H,27,28). The second kappa shape index (κ2) is 10.1. The molecule has 1 aromatic heterocycles. The average Bonchev–Trinajstić information content (AvgIpc) is 3.26. The summed E-state index contributed by atoms with van der Waals surface area (Å²) in [7, 11) is 0. The van der Waals surface area contributed by atoms with Crippen molar-refractivity contribution in [2.45, 2.75) is 11.4 Å². The molecule has 0 unspecified atom stereocenters. The molecule has 0 aliphatic carbocycles. The van der Waals surface area contributed by atoms with Crippen LogP contribution >= 0.6 is 11.8 Å². The third kappa shape index (κ3) is 5.55. The molecule has 164 valence electrons. The van der Waals surface area contributed by atoms with Gasteiger partial charge in [-0.05, 0) is 48.4 Å². The molecule has 0 spiro atoms. The molecule has 0 saturated heterocycles. The number of hydrogen-bond donors (Lipinski definition) is 2. The highest BCUT2D eigenvalue weighted by Crippen LogP contribution is 2.34. The zero-order chi connectivity index (χ0) is 22.3. The van der Waals surface area contributed by atoms with Crippen LogP contribution in [0.2, 0.25) is 0 Å². The molecule has 32 heavy (non-hydrogen) atoms. The van der Waals surface area contributed by atoms with Crippen molar-refractivity contribution in [1.82, 2.24) is 10.3 Å². The minimum absolute atomic E-state index is 0.0784. The Morgan fingerprint density at radius 1 is 1.06 bits per heavy atom. The number of halogens is 1. The van der Waals surface area contributed by atoms with E-state index >= 15 is 0 Å². The smallest absolute Gasteiger partial charge is 0.254 e. The van der Waals surface area contributed by atoms with Gasteiger partial charge < -0.3 is 20.1 Å². The number of pyridine rings is 1. The first-order valence-electron chi connectivity index (χ1n) is 9.88. The van der Waals surface area contributed by atoms with E-state index in [1.165, 1.54) is 23.9 Å². The number of anilines is 1. The molecule has 9 heteroatoms. The van der Waals surface area contributed by atoms with Gasteiger partial charge in [0.2, 0.25) is 12.7 Å². The summed E-state index contributed by atoms with van der Waals surface area (Å²) in [5.41, 5.74) is 1.77. The fourth-order valence-electron chi connectivity index (χ4n) is 3.09. The molecule has 3 aromatic rings. The first-order chi connectivity index (χ1) is 15.6. The normalized spacial score (nSPS) is 11.8. The van der Waals surface area contributed by atoms with E-state index in [1.807, 2.05) is 0 Å². The van der Waals surface area contributed by atoms with Crippen molar-refractivity contribution in [2.24, 2.45) is 0 Å². The van der Waals surface area contributed by atoms with E-state index in [0.29, 0.717) is 40.7 Å². The van der Waals surface area contributed by atoms with E-state index in [1.54, 1.807) is 48.7 Å². The van der Waals surface area contributed by atoms with Crippen LogP contribution in [0.15, 0.2) is 65.8 Å². The number of carbonyl (C=O) groups excluding carboxylic acids is 2. The third-order valence-electron chi connectivity index (χ3n) is 4.60. The van der Waals surface area contributed by atoms with E-state index in [0.717, 1.165) is 5.56 Å². The van der Waals surface area contributed by atoms with Gasteiger partial charge >= 0.3 is 0 Å². The van der Waals surface area contributed by atoms with Crippen LogP contribution in [0.5, 0.6) is 11.5 Å².